The first-order chi connectivity index (χ1) is 14.1. The number of rotatable bonds is 7. The number of anilines is 1. The first-order valence-corrected chi connectivity index (χ1v) is 10.9. The van der Waals surface area contributed by atoms with E-state index in [4.69, 9.17) is 0 Å². The summed E-state index contributed by atoms with van der Waals surface area (Å²) in [5.41, 5.74) is 1.70. The molecule has 7 heteroatoms. The second kappa shape index (κ2) is 10.3. The SMILES string of the molecule is CCCSNc1ccc(C(=O)N2CCN(C(=O)Cc3ccccc3)CC2)cc1F. The van der Waals surface area contributed by atoms with Crippen molar-refractivity contribution in [3.63, 3.8) is 0 Å². The number of piperazine rings is 1. The molecule has 3 rings (SSSR count). The minimum atomic E-state index is -0.434. The molecular weight excluding hydrogens is 389 g/mol. The molecule has 1 fully saturated rings. The molecular formula is C22H26FN3O2S. The molecule has 1 aliphatic heterocycles. The maximum absolute atomic E-state index is 14.3. The van der Waals surface area contributed by atoms with Gasteiger partial charge in [-0.15, -0.1) is 0 Å². The Labute approximate surface area is 175 Å². The smallest absolute Gasteiger partial charge is 0.254 e. The van der Waals surface area contributed by atoms with Crippen LogP contribution in [0.1, 0.15) is 29.3 Å². The van der Waals surface area contributed by atoms with Gasteiger partial charge in [0.1, 0.15) is 5.82 Å². The fourth-order valence-electron chi connectivity index (χ4n) is 3.19. The molecule has 0 saturated carbocycles. The highest BCUT2D eigenvalue weighted by atomic mass is 32.2. The summed E-state index contributed by atoms with van der Waals surface area (Å²) >= 11 is 1.44. The van der Waals surface area contributed by atoms with Gasteiger partial charge >= 0.3 is 0 Å². The van der Waals surface area contributed by atoms with Crippen LogP contribution in [-0.2, 0) is 11.2 Å². The van der Waals surface area contributed by atoms with E-state index in [0.29, 0.717) is 43.9 Å². The minimum absolute atomic E-state index is 0.0642. The summed E-state index contributed by atoms with van der Waals surface area (Å²) in [6.45, 7) is 3.95. The van der Waals surface area contributed by atoms with Crippen molar-refractivity contribution in [2.24, 2.45) is 0 Å². The first-order valence-electron chi connectivity index (χ1n) is 9.87. The van der Waals surface area contributed by atoms with Crippen LogP contribution in [-0.4, -0.2) is 53.5 Å². The number of hydrogen-bond donors (Lipinski definition) is 1. The normalized spacial score (nSPS) is 14.0. The molecule has 2 amide bonds. The largest absolute Gasteiger partial charge is 0.339 e. The van der Waals surface area contributed by atoms with Crippen molar-refractivity contribution in [3.8, 4) is 0 Å². The van der Waals surface area contributed by atoms with Crippen LogP contribution < -0.4 is 4.72 Å². The minimum Gasteiger partial charge on any atom is -0.339 e. The molecule has 0 atom stereocenters. The molecule has 2 aromatic rings. The fourth-order valence-corrected chi connectivity index (χ4v) is 3.81. The molecule has 2 aromatic carbocycles. The summed E-state index contributed by atoms with van der Waals surface area (Å²) < 4.78 is 17.3. The average Bonchev–Trinajstić information content (AvgIpc) is 2.75. The highest BCUT2D eigenvalue weighted by Gasteiger charge is 2.25. The molecule has 0 spiro atoms. The van der Waals surface area contributed by atoms with E-state index >= 15 is 0 Å². The van der Waals surface area contributed by atoms with E-state index in [9.17, 15) is 14.0 Å². The first kappa shape index (κ1) is 21.2. The highest BCUT2D eigenvalue weighted by molar-refractivity contribution is 8.00. The van der Waals surface area contributed by atoms with Crippen LogP contribution in [0.3, 0.4) is 0 Å². The van der Waals surface area contributed by atoms with Gasteiger partial charge in [0.05, 0.1) is 12.1 Å². The van der Waals surface area contributed by atoms with Crippen molar-refractivity contribution in [1.82, 2.24) is 9.80 Å². The summed E-state index contributed by atoms with van der Waals surface area (Å²) in [5, 5.41) is 0. The Bertz CT molecular complexity index is 839. The van der Waals surface area contributed by atoms with Gasteiger partial charge in [-0.2, -0.15) is 0 Å². The van der Waals surface area contributed by atoms with E-state index in [2.05, 4.69) is 11.6 Å². The standard InChI is InChI=1S/C22H26FN3O2S/c1-2-14-29-24-20-9-8-18(16-19(20)23)22(28)26-12-10-25(11-13-26)21(27)15-17-6-4-3-5-7-17/h3-9,16,24H,2,10-15H2,1H3. The predicted octanol–water partition coefficient (Wildman–Crippen LogP) is 3.82. The predicted molar refractivity (Wildman–Crippen MR) is 115 cm³/mol. The van der Waals surface area contributed by atoms with Crippen LogP contribution in [0, 0.1) is 5.82 Å². The van der Waals surface area contributed by atoms with Crippen LogP contribution in [0.5, 0.6) is 0 Å². The maximum Gasteiger partial charge on any atom is 0.254 e. The van der Waals surface area contributed by atoms with Gasteiger partial charge in [0.15, 0.2) is 0 Å². The Hall–Kier alpha value is -2.54. The van der Waals surface area contributed by atoms with Gasteiger partial charge in [-0.25, -0.2) is 4.39 Å². The molecule has 0 radical (unpaired) electrons. The lowest BCUT2D eigenvalue weighted by Crippen LogP contribution is -2.51. The second-order valence-electron chi connectivity index (χ2n) is 6.98. The molecule has 0 bridgehead atoms. The summed E-state index contributed by atoms with van der Waals surface area (Å²) in [6, 6.07) is 14.2. The van der Waals surface area contributed by atoms with E-state index < -0.39 is 5.82 Å². The zero-order valence-electron chi connectivity index (χ0n) is 16.6. The monoisotopic (exact) mass is 415 g/mol. The van der Waals surface area contributed by atoms with Gasteiger partial charge in [-0.3, -0.25) is 9.59 Å². The van der Waals surface area contributed by atoms with Crippen molar-refractivity contribution < 1.29 is 14.0 Å². The van der Waals surface area contributed by atoms with Gasteiger partial charge in [0.2, 0.25) is 5.91 Å². The Morgan fingerprint density at radius 2 is 1.72 bits per heavy atom. The summed E-state index contributed by atoms with van der Waals surface area (Å²) in [5.74, 6) is 0.310. The Kier molecular flexibility index (Phi) is 7.52. The molecule has 1 heterocycles. The lowest BCUT2D eigenvalue weighted by atomic mass is 10.1. The van der Waals surface area contributed by atoms with Crippen LogP contribution in [0.4, 0.5) is 10.1 Å². The number of hydrogen-bond acceptors (Lipinski definition) is 4. The van der Waals surface area contributed by atoms with Crippen molar-refractivity contribution >= 4 is 29.4 Å². The lowest BCUT2D eigenvalue weighted by molar-refractivity contribution is -0.131. The Balaban J connectivity index is 1.53. The molecule has 5 nitrogen and oxygen atoms in total. The molecule has 29 heavy (non-hydrogen) atoms. The van der Waals surface area contributed by atoms with E-state index in [1.54, 1.807) is 21.9 Å². The van der Waals surface area contributed by atoms with Crippen molar-refractivity contribution in [2.75, 3.05) is 36.7 Å². The molecule has 1 saturated heterocycles. The topological polar surface area (TPSA) is 52.7 Å². The highest BCUT2D eigenvalue weighted by Crippen LogP contribution is 2.21. The molecule has 0 aromatic heterocycles. The number of nitrogens with zero attached hydrogens (tertiary/aromatic N) is 2. The number of amides is 2. The number of carbonyl (C=O) groups is 2. The van der Waals surface area contributed by atoms with Crippen molar-refractivity contribution in [2.45, 2.75) is 19.8 Å². The average molecular weight is 416 g/mol. The number of carbonyl (C=O) groups excluding carboxylic acids is 2. The number of halogens is 1. The molecule has 0 aliphatic carbocycles. The van der Waals surface area contributed by atoms with E-state index in [-0.39, 0.29) is 11.8 Å². The van der Waals surface area contributed by atoms with Gasteiger partial charge in [-0.05, 0) is 30.2 Å². The second-order valence-corrected chi connectivity index (χ2v) is 7.88. The zero-order valence-corrected chi connectivity index (χ0v) is 17.4. The van der Waals surface area contributed by atoms with Crippen LogP contribution in [0.2, 0.25) is 0 Å². The zero-order chi connectivity index (χ0) is 20.6. The van der Waals surface area contributed by atoms with Gasteiger partial charge in [0, 0.05) is 37.5 Å². The summed E-state index contributed by atoms with van der Waals surface area (Å²) in [4.78, 5) is 28.7. The molecule has 1 N–H and O–H groups in total. The van der Waals surface area contributed by atoms with Crippen LogP contribution in [0.25, 0.3) is 0 Å². The quantitative estimate of drug-likeness (QED) is 0.552. The molecule has 154 valence electrons. The molecule has 0 unspecified atom stereocenters. The van der Waals surface area contributed by atoms with E-state index in [1.165, 1.54) is 18.0 Å². The van der Waals surface area contributed by atoms with E-state index in [0.717, 1.165) is 17.7 Å². The third-order valence-electron chi connectivity index (χ3n) is 4.82. The Morgan fingerprint density at radius 3 is 2.38 bits per heavy atom. The van der Waals surface area contributed by atoms with Crippen molar-refractivity contribution in [3.05, 3.63) is 65.5 Å². The van der Waals surface area contributed by atoms with Crippen LogP contribution in [0.15, 0.2) is 48.5 Å². The van der Waals surface area contributed by atoms with Gasteiger partial charge in [0.25, 0.3) is 5.91 Å². The fraction of sp³-hybridized carbons (Fsp3) is 0.364. The lowest BCUT2D eigenvalue weighted by Gasteiger charge is -2.35. The van der Waals surface area contributed by atoms with Gasteiger partial charge in [-0.1, -0.05) is 49.2 Å². The third kappa shape index (κ3) is 5.73. The third-order valence-corrected chi connectivity index (χ3v) is 5.80. The number of nitrogens with one attached hydrogen (secondary N) is 1. The number of benzene rings is 2. The van der Waals surface area contributed by atoms with E-state index in [1.807, 2.05) is 30.3 Å². The summed E-state index contributed by atoms with van der Waals surface area (Å²) in [7, 11) is 0. The summed E-state index contributed by atoms with van der Waals surface area (Å²) in [6.07, 6.45) is 1.36. The molecule has 1 aliphatic rings. The van der Waals surface area contributed by atoms with Crippen LogP contribution >= 0.6 is 11.9 Å². The van der Waals surface area contributed by atoms with Crippen molar-refractivity contribution in [1.29, 1.82) is 0 Å². The Morgan fingerprint density at radius 1 is 1.03 bits per heavy atom. The van der Waals surface area contributed by atoms with Gasteiger partial charge < -0.3 is 14.5 Å². The maximum atomic E-state index is 14.3.